The number of rotatable bonds is 6. The molecule has 0 fully saturated rings. The summed E-state index contributed by atoms with van der Waals surface area (Å²) in [6.07, 6.45) is 2.67. The fourth-order valence-electron chi connectivity index (χ4n) is 1.61. The number of nitrogens with zero attached hydrogens (tertiary/aromatic N) is 6. The molecule has 0 unspecified atom stereocenters. The molecule has 0 rings (SSSR count). The molecular formula is C24H42FeN6O9. The molecule has 0 radical (unpaired) electrons. The van der Waals surface area contributed by atoms with Gasteiger partial charge in [-0.2, -0.15) is 0 Å². The Morgan fingerprint density at radius 3 is 0.625 bits per heavy atom. The monoisotopic (exact) mass is 614 g/mol. The van der Waals surface area contributed by atoms with Crippen molar-refractivity contribution in [3.63, 3.8) is 0 Å². The van der Waals surface area contributed by atoms with E-state index < -0.39 is 52.7 Å². The summed E-state index contributed by atoms with van der Waals surface area (Å²) in [4.78, 5) is 73.5. The second kappa shape index (κ2) is 20.9. The zero-order chi connectivity index (χ0) is 31.8. The Kier molecular flexibility index (Phi) is 22.4. The van der Waals surface area contributed by atoms with Gasteiger partial charge < -0.3 is 44.7 Å². The SMILES string of the molecule is CN(C)C(=O)C=C(O)C(=O)N(C)C.CN(C)C(=O)C=C(O)C(=O)N(C)C.CN(C)C(=O)C=C(O)C(=O)N(C)C.[Fe]. The van der Waals surface area contributed by atoms with E-state index in [1.807, 2.05) is 0 Å². The fourth-order valence-corrected chi connectivity index (χ4v) is 1.61. The molecule has 40 heavy (non-hydrogen) atoms. The standard InChI is InChI=1S/3C8H14N2O3.Fe/c3*1-9(2)7(12)5-6(11)8(13)10(3)4;/h3*5,11H,1-4H3;. The normalized spacial score (nSPS) is 10.7. The Balaban J connectivity index is -0.000000240. The third kappa shape index (κ3) is 19.1. The van der Waals surface area contributed by atoms with Crippen molar-refractivity contribution >= 4 is 35.4 Å². The molecule has 0 saturated carbocycles. The number of amides is 6. The van der Waals surface area contributed by atoms with Gasteiger partial charge in [0.25, 0.3) is 17.7 Å². The van der Waals surface area contributed by atoms with Crippen LogP contribution in [0.3, 0.4) is 0 Å². The van der Waals surface area contributed by atoms with E-state index in [9.17, 15) is 28.8 Å². The molecule has 0 aliphatic heterocycles. The van der Waals surface area contributed by atoms with E-state index >= 15 is 0 Å². The average molecular weight is 614 g/mol. The van der Waals surface area contributed by atoms with Crippen LogP contribution in [-0.2, 0) is 45.8 Å². The van der Waals surface area contributed by atoms with Crippen molar-refractivity contribution < 1.29 is 61.2 Å². The first-order valence-corrected chi connectivity index (χ1v) is 11.1. The minimum atomic E-state index is -0.588. The van der Waals surface area contributed by atoms with E-state index in [0.717, 1.165) is 18.2 Å². The van der Waals surface area contributed by atoms with Crippen molar-refractivity contribution in [2.45, 2.75) is 0 Å². The van der Waals surface area contributed by atoms with E-state index in [0.29, 0.717) is 0 Å². The zero-order valence-corrected chi connectivity index (χ0v) is 26.2. The first-order valence-electron chi connectivity index (χ1n) is 11.1. The minimum absolute atomic E-state index is 0. The quantitative estimate of drug-likeness (QED) is 0.188. The topological polar surface area (TPSA) is 183 Å². The van der Waals surface area contributed by atoms with Crippen molar-refractivity contribution in [1.82, 2.24) is 29.4 Å². The molecule has 16 heteroatoms. The maximum Gasteiger partial charge on any atom is 0.288 e. The summed E-state index contributed by atoms with van der Waals surface area (Å²) in [7, 11) is 18.2. The number of carbonyl (C=O) groups is 6. The molecule has 3 N–H and O–H groups in total. The van der Waals surface area contributed by atoms with Crippen LogP contribution in [0, 0.1) is 0 Å². The predicted molar refractivity (Wildman–Crippen MR) is 144 cm³/mol. The molecule has 230 valence electrons. The molecular weight excluding hydrogens is 572 g/mol. The van der Waals surface area contributed by atoms with Crippen LogP contribution in [0.1, 0.15) is 0 Å². The van der Waals surface area contributed by atoms with Crippen LogP contribution >= 0.6 is 0 Å². The van der Waals surface area contributed by atoms with Gasteiger partial charge >= 0.3 is 0 Å². The number of hydrogen-bond acceptors (Lipinski definition) is 9. The van der Waals surface area contributed by atoms with E-state index in [4.69, 9.17) is 15.3 Å². The summed E-state index contributed by atoms with van der Waals surface area (Å²) < 4.78 is 0. The van der Waals surface area contributed by atoms with E-state index in [1.165, 1.54) is 114 Å². The Morgan fingerprint density at radius 1 is 0.375 bits per heavy atom. The van der Waals surface area contributed by atoms with Crippen molar-refractivity contribution in [2.75, 3.05) is 84.6 Å². The second-order valence-corrected chi connectivity index (χ2v) is 8.89. The van der Waals surface area contributed by atoms with Gasteiger partial charge in [0.1, 0.15) is 0 Å². The fraction of sp³-hybridized carbons (Fsp3) is 0.500. The van der Waals surface area contributed by atoms with Crippen LogP contribution < -0.4 is 0 Å². The Bertz CT molecular complexity index is 862. The molecule has 0 aromatic heterocycles. The molecule has 0 heterocycles. The molecule has 0 atom stereocenters. The summed E-state index contributed by atoms with van der Waals surface area (Å²) in [6.45, 7) is 0. The Labute approximate surface area is 246 Å². The van der Waals surface area contributed by atoms with Gasteiger partial charge in [0.2, 0.25) is 17.7 Å². The number of aliphatic hydroxyl groups excluding tert-OH is 3. The van der Waals surface area contributed by atoms with Gasteiger partial charge in [-0.15, -0.1) is 0 Å². The summed E-state index contributed by atoms with van der Waals surface area (Å²) in [5, 5.41) is 27.4. The molecule has 0 aromatic rings. The summed E-state index contributed by atoms with van der Waals surface area (Å²) in [5.41, 5.74) is 0. The summed E-state index contributed by atoms with van der Waals surface area (Å²) in [5.74, 6) is -4.69. The van der Waals surface area contributed by atoms with Crippen molar-refractivity contribution in [3.8, 4) is 0 Å². The number of hydrogen-bond donors (Lipinski definition) is 3. The smallest absolute Gasteiger partial charge is 0.288 e. The van der Waals surface area contributed by atoms with Crippen LogP contribution in [0.4, 0.5) is 0 Å². The van der Waals surface area contributed by atoms with Gasteiger partial charge in [-0.05, 0) is 0 Å². The molecule has 0 spiro atoms. The number of likely N-dealkylation sites (N-methyl/N-ethyl adjacent to an activating group) is 6. The first kappa shape index (κ1) is 43.0. The maximum absolute atomic E-state index is 11.0. The van der Waals surface area contributed by atoms with E-state index in [1.54, 1.807) is 0 Å². The van der Waals surface area contributed by atoms with Gasteiger partial charge in [0.05, 0.1) is 18.2 Å². The Morgan fingerprint density at radius 2 is 0.525 bits per heavy atom. The largest absolute Gasteiger partial charge is 0.503 e. The maximum atomic E-state index is 11.0. The summed E-state index contributed by atoms with van der Waals surface area (Å²) in [6, 6.07) is 0. The zero-order valence-electron chi connectivity index (χ0n) is 25.1. The average Bonchev–Trinajstić information content (AvgIpc) is 2.82. The third-order valence-electron chi connectivity index (χ3n) is 3.98. The second-order valence-electron chi connectivity index (χ2n) is 8.89. The van der Waals surface area contributed by atoms with Gasteiger partial charge in [0, 0.05) is 102 Å². The van der Waals surface area contributed by atoms with Crippen LogP contribution in [0.2, 0.25) is 0 Å². The van der Waals surface area contributed by atoms with E-state index in [-0.39, 0.29) is 17.1 Å². The van der Waals surface area contributed by atoms with Gasteiger partial charge in [-0.25, -0.2) is 0 Å². The molecule has 0 aliphatic rings. The van der Waals surface area contributed by atoms with Crippen molar-refractivity contribution in [1.29, 1.82) is 0 Å². The molecule has 0 aliphatic carbocycles. The van der Waals surface area contributed by atoms with Crippen LogP contribution in [0.5, 0.6) is 0 Å². The molecule has 6 amide bonds. The molecule has 0 bridgehead atoms. The third-order valence-corrected chi connectivity index (χ3v) is 3.98. The minimum Gasteiger partial charge on any atom is -0.503 e. The Hall–Kier alpha value is -4.04. The number of aliphatic hydroxyl groups is 3. The number of carbonyl (C=O) groups excluding carboxylic acids is 6. The van der Waals surface area contributed by atoms with Gasteiger partial charge in [-0.3, -0.25) is 28.8 Å². The van der Waals surface area contributed by atoms with Gasteiger partial charge in [0.15, 0.2) is 17.3 Å². The molecule has 0 aromatic carbocycles. The predicted octanol–water partition coefficient (Wildman–Crippen LogP) is -1.19. The molecule has 15 nitrogen and oxygen atoms in total. The first-order chi connectivity index (χ1) is 17.6. The van der Waals surface area contributed by atoms with Crippen LogP contribution in [0.25, 0.3) is 0 Å². The van der Waals surface area contributed by atoms with Gasteiger partial charge in [-0.1, -0.05) is 0 Å². The van der Waals surface area contributed by atoms with Crippen molar-refractivity contribution in [2.24, 2.45) is 0 Å². The summed E-state index contributed by atoms with van der Waals surface area (Å²) >= 11 is 0. The van der Waals surface area contributed by atoms with Crippen molar-refractivity contribution in [3.05, 3.63) is 35.5 Å². The van der Waals surface area contributed by atoms with Crippen LogP contribution in [-0.4, -0.2) is 165 Å². The van der Waals surface area contributed by atoms with E-state index in [2.05, 4.69) is 0 Å². The molecule has 0 saturated heterocycles. The van der Waals surface area contributed by atoms with Crippen LogP contribution in [0.15, 0.2) is 35.5 Å².